The van der Waals surface area contributed by atoms with Crippen LogP contribution in [0.15, 0.2) is 29.4 Å². The first-order valence-electron chi connectivity index (χ1n) is 4.29. The Hall–Kier alpha value is -1.16. The van der Waals surface area contributed by atoms with Crippen molar-refractivity contribution in [3.8, 4) is 0 Å². The lowest BCUT2D eigenvalue weighted by Gasteiger charge is -2.08. The summed E-state index contributed by atoms with van der Waals surface area (Å²) in [5.41, 5.74) is 7.43. The van der Waals surface area contributed by atoms with E-state index in [2.05, 4.69) is 18.3 Å². The van der Waals surface area contributed by atoms with Crippen LogP contribution < -0.4 is 5.73 Å². The molecule has 0 spiro atoms. The van der Waals surface area contributed by atoms with Crippen molar-refractivity contribution in [2.45, 2.75) is 12.2 Å². The van der Waals surface area contributed by atoms with E-state index < -0.39 is 0 Å². The van der Waals surface area contributed by atoms with Gasteiger partial charge in [0.2, 0.25) is 0 Å². The van der Waals surface area contributed by atoms with Crippen molar-refractivity contribution in [2.75, 3.05) is 6.26 Å². The van der Waals surface area contributed by atoms with Gasteiger partial charge in [-0.1, -0.05) is 29.4 Å². The molecule has 0 bridgehead atoms. The minimum atomic E-state index is 0.147. The quantitative estimate of drug-likeness (QED) is 0.348. The molecular formula is C10H14N2OS. The van der Waals surface area contributed by atoms with Gasteiger partial charge in [-0.25, -0.2) is 0 Å². The topological polar surface area (TPSA) is 58.6 Å². The van der Waals surface area contributed by atoms with E-state index in [4.69, 9.17) is 10.9 Å². The summed E-state index contributed by atoms with van der Waals surface area (Å²) in [5.74, 6) is 0.147. The molecule has 3 nitrogen and oxygen atoms in total. The number of thioether (sulfide) groups is 1. The Bertz CT molecular complexity index is 321. The summed E-state index contributed by atoms with van der Waals surface area (Å²) in [6, 6.07) is 7.71. The van der Waals surface area contributed by atoms with Crippen LogP contribution in [-0.2, 0) is 0 Å². The zero-order valence-corrected chi connectivity index (χ0v) is 9.08. The predicted octanol–water partition coefficient (Wildman–Crippen LogP) is 2.21. The first kappa shape index (κ1) is 10.9. The second kappa shape index (κ2) is 4.91. The van der Waals surface area contributed by atoms with Crippen LogP contribution in [0.2, 0.25) is 0 Å². The molecule has 14 heavy (non-hydrogen) atoms. The number of benzene rings is 1. The Morgan fingerprint density at radius 2 is 2.00 bits per heavy atom. The minimum absolute atomic E-state index is 0.147. The lowest BCUT2D eigenvalue weighted by molar-refractivity contribution is 0.318. The van der Waals surface area contributed by atoms with Crippen molar-refractivity contribution in [1.82, 2.24) is 0 Å². The Kier molecular flexibility index (Phi) is 3.83. The maximum Gasteiger partial charge on any atom is 0.170 e. The van der Waals surface area contributed by atoms with Crippen LogP contribution >= 0.6 is 11.8 Å². The average Bonchev–Trinajstić information content (AvgIpc) is 2.27. The lowest BCUT2D eigenvalue weighted by atomic mass is 10.1. The first-order valence-corrected chi connectivity index (χ1v) is 5.58. The summed E-state index contributed by atoms with van der Waals surface area (Å²) in [4.78, 5) is 0. The standard InChI is InChI=1S/C10H14N2OS/c1-7(14-2)8-3-5-9(6-4-8)10(11)12-13/h3-7,13H,1-2H3,(H2,11,12). The lowest BCUT2D eigenvalue weighted by Crippen LogP contribution is -2.12. The molecule has 0 radical (unpaired) electrons. The molecule has 1 atom stereocenters. The van der Waals surface area contributed by atoms with Crippen molar-refractivity contribution >= 4 is 17.6 Å². The van der Waals surface area contributed by atoms with Gasteiger partial charge in [0.15, 0.2) is 5.84 Å². The number of nitrogens with two attached hydrogens (primary N) is 1. The average molecular weight is 210 g/mol. The zero-order chi connectivity index (χ0) is 10.6. The third kappa shape index (κ3) is 2.42. The molecule has 0 heterocycles. The summed E-state index contributed by atoms with van der Waals surface area (Å²) >= 11 is 1.79. The van der Waals surface area contributed by atoms with Gasteiger partial charge in [0.1, 0.15) is 0 Å². The van der Waals surface area contributed by atoms with Crippen LogP contribution in [0.3, 0.4) is 0 Å². The summed E-state index contributed by atoms with van der Waals surface area (Å²) < 4.78 is 0. The van der Waals surface area contributed by atoms with Crippen molar-refractivity contribution in [2.24, 2.45) is 10.9 Å². The fourth-order valence-corrected chi connectivity index (χ4v) is 1.55. The van der Waals surface area contributed by atoms with E-state index in [1.807, 2.05) is 24.3 Å². The molecular weight excluding hydrogens is 196 g/mol. The third-order valence-electron chi connectivity index (χ3n) is 2.14. The molecule has 1 aromatic rings. The van der Waals surface area contributed by atoms with E-state index in [1.54, 1.807) is 11.8 Å². The Morgan fingerprint density at radius 1 is 1.43 bits per heavy atom. The van der Waals surface area contributed by atoms with E-state index in [0.717, 1.165) is 5.56 Å². The number of rotatable bonds is 3. The minimum Gasteiger partial charge on any atom is -0.409 e. The number of oxime groups is 1. The summed E-state index contributed by atoms with van der Waals surface area (Å²) in [6.07, 6.45) is 2.07. The molecule has 0 aliphatic heterocycles. The molecule has 1 rings (SSSR count). The SMILES string of the molecule is CSC(C)c1ccc(C(N)=NO)cc1. The van der Waals surface area contributed by atoms with Crippen LogP contribution in [0.4, 0.5) is 0 Å². The highest BCUT2D eigenvalue weighted by Crippen LogP contribution is 2.25. The highest BCUT2D eigenvalue weighted by Gasteiger charge is 2.04. The number of hydrogen-bond donors (Lipinski definition) is 2. The molecule has 1 unspecified atom stereocenters. The summed E-state index contributed by atoms with van der Waals surface area (Å²) in [6.45, 7) is 2.14. The molecule has 1 aromatic carbocycles. The number of hydrogen-bond acceptors (Lipinski definition) is 3. The van der Waals surface area contributed by atoms with Crippen molar-refractivity contribution in [3.05, 3.63) is 35.4 Å². The molecule has 0 amide bonds. The van der Waals surface area contributed by atoms with Crippen LogP contribution in [-0.4, -0.2) is 17.3 Å². The third-order valence-corrected chi connectivity index (χ3v) is 3.12. The van der Waals surface area contributed by atoms with E-state index in [9.17, 15) is 0 Å². The first-order chi connectivity index (χ1) is 6.69. The highest BCUT2D eigenvalue weighted by atomic mass is 32.2. The van der Waals surface area contributed by atoms with E-state index in [0.29, 0.717) is 5.25 Å². The Balaban J connectivity index is 2.89. The molecule has 3 N–H and O–H groups in total. The predicted molar refractivity (Wildman–Crippen MR) is 60.9 cm³/mol. The molecule has 0 aliphatic carbocycles. The largest absolute Gasteiger partial charge is 0.409 e. The summed E-state index contributed by atoms with van der Waals surface area (Å²) in [5, 5.41) is 11.9. The van der Waals surface area contributed by atoms with E-state index >= 15 is 0 Å². The Morgan fingerprint density at radius 3 is 2.43 bits per heavy atom. The normalized spacial score (nSPS) is 14.0. The van der Waals surface area contributed by atoms with Crippen LogP contribution in [0.25, 0.3) is 0 Å². The molecule has 0 saturated heterocycles. The van der Waals surface area contributed by atoms with Gasteiger partial charge in [-0.3, -0.25) is 0 Å². The van der Waals surface area contributed by atoms with Crippen molar-refractivity contribution in [1.29, 1.82) is 0 Å². The van der Waals surface area contributed by atoms with Gasteiger partial charge in [0.25, 0.3) is 0 Å². The van der Waals surface area contributed by atoms with E-state index in [-0.39, 0.29) is 5.84 Å². The van der Waals surface area contributed by atoms with Gasteiger partial charge >= 0.3 is 0 Å². The van der Waals surface area contributed by atoms with Gasteiger partial charge in [-0.05, 0) is 18.7 Å². The maximum atomic E-state index is 8.47. The number of amidine groups is 1. The smallest absolute Gasteiger partial charge is 0.170 e. The Labute approximate surface area is 88.0 Å². The monoisotopic (exact) mass is 210 g/mol. The molecule has 76 valence electrons. The molecule has 0 aliphatic rings. The maximum absolute atomic E-state index is 8.47. The zero-order valence-electron chi connectivity index (χ0n) is 8.27. The second-order valence-electron chi connectivity index (χ2n) is 2.99. The highest BCUT2D eigenvalue weighted by molar-refractivity contribution is 7.98. The van der Waals surface area contributed by atoms with Crippen LogP contribution in [0.5, 0.6) is 0 Å². The van der Waals surface area contributed by atoms with Crippen LogP contribution in [0, 0.1) is 0 Å². The summed E-state index contributed by atoms with van der Waals surface area (Å²) in [7, 11) is 0. The molecule has 0 saturated carbocycles. The fourth-order valence-electron chi connectivity index (χ4n) is 1.12. The fraction of sp³-hybridized carbons (Fsp3) is 0.300. The van der Waals surface area contributed by atoms with E-state index in [1.165, 1.54) is 5.56 Å². The van der Waals surface area contributed by atoms with Gasteiger partial charge in [-0.15, -0.1) is 0 Å². The van der Waals surface area contributed by atoms with Crippen molar-refractivity contribution in [3.63, 3.8) is 0 Å². The van der Waals surface area contributed by atoms with Gasteiger partial charge in [-0.2, -0.15) is 11.8 Å². The van der Waals surface area contributed by atoms with Gasteiger partial charge in [0, 0.05) is 10.8 Å². The molecule has 4 heteroatoms. The molecule has 0 fully saturated rings. The number of nitrogens with zero attached hydrogens (tertiary/aromatic N) is 1. The van der Waals surface area contributed by atoms with Crippen LogP contribution in [0.1, 0.15) is 23.3 Å². The van der Waals surface area contributed by atoms with Gasteiger partial charge < -0.3 is 10.9 Å². The molecule has 0 aromatic heterocycles. The second-order valence-corrected chi connectivity index (χ2v) is 4.16. The van der Waals surface area contributed by atoms with Gasteiger partial charge in [0.05, 0.1) is 0 Å². The van der Waals surface area contributed by atoms with Crippen molar-refractivity contribution < 1.29 is 5.21 Å².